The average molecular weight is 206 g/mol. The maximum absolute atomic E-state index is 10.1. The van der Waals surface area contributed by atoms with Crippen LogP contribution in [-0.4, -0.2) is 28.9 Å². The molecule has 0 saturated carbocycles. The minimum absolute atomic E-state index is 0.269. The number of carbonyl (C=O) groups is 2. The van der Waals surface area contributed by atoms with E-state index < -0.39 is 11.2 Å². The van der Waals surface area contributed by atoms with Crippen LogP contribution in [0.15, 0.2) is 12.7 Å². The molecule has 5 heteroatoms. The molecular weight excluding hydrogens is 194 g/mol. The predicted molar refractivity (Wildman–Crippen MR) is 49.7 cm³/mol. The van der Waals surface area contributed by atoms with E-state index in [1.54, 1.807) is 0 Å². The van der Waals surface area contributed by atoms with Crippen molar-refractivity contribution >= 4 is 22.8 Å². The van der Waals surface area contributed by atoms with Crippen molar-refractivity contribution in [2.24, 2.45) is 0 Å². The van der Waals surface area contributed by atoms with Crippen LogP contribution in [0.3, 0.4) is 0 Å². The zero-order valence-electron chi connectivity index (χ0n) is 7.12. The standard InChI is InChI=1S/C5H9NO2.C3H3ClO/c7-5(8)4-2-1-3-6-4;1-2-3(4)5/h4,6H,1-3H2,(H,7,8);2H,1H2. The third-order valence-electron chi connectivity index (χ3n) is 1.52. The van der Waals surface area contributed by atoms with E-state index in [9.17, 15) is 9.59 Å². The van der Waals surface area contributed by atoms with E-state index in [1.165, 1.54) is 0 Å². The van der Waals surface area contributed by atoms with Gasteiger partial charge in [-0.15, -0.1) is 0 Å². The Morgan fingerprint density at radius 2 is 2.15 bits per heavy atom. The zero-order chi connectivity index (χ0) is 10.3. The van der Waals surface area contributed by atoms with E-state index >= 15 is 0 Å². The van der Waals surface area contributed by atoms with E-state index in [4.69, 9.17) is 16.7 Å². The van der Waals surface area contributed by atoms with Crippen molar-refractivity contribution in [3.05, 3.63) is 12.7 Å². The lowest BCUT2D eigenvalue weighted by Crippen LogP contribution is -2.29. The molecule has 0 aromatic rings. The summed E-state index contributed by atoms with van der Waals surface area (Å²) in [5.74, 6) is -0.720. The Hall–Kier alpha value is -0.870. The van der Waals surface area contributed by atoms with Gasteiger partial charge in [0.2, 0.25) is 5.24 Å². The molecule has 0 amide bonds. The normalized spacial score (nSPS) is 19.9. The highest BCUT2D eigenvalue weighted by Gasteiger charge is 2.20. The topological polar surface area (TPSA) is 66.4 Å². The molecule has 1 aliphatic rings. The van der Waals surface area contributed by atoms with Gasteiger partial charge in [0, 0.05) is 0 Å². The first-order valence-corrected chi connectivity index (χ1v) is 4.23. The van der Waals surface area contributed by atoms with Gasteiger partial charge in [0.1, 0.15) is 6.04 Å². The molecule has 0 bridgehead atoms. The Balaban J connectivity index is 0.000000252. The van der Waals surface area contributed by atoms with Gasteiger partial charge in [-0.1, -0.05) is 6.58 Å². The van der Waals surface area contributed by atoms with Crippen LogP contribution in [-0.2, 0) is 9.59 Å². The van der Waals surface area contributed by atoms with Gasteiger partial charge >= 0.3 is 5.97 Å². The summed E-state index contributed by atoms with van der Waals surface area (Å²) in [4.78, 5) is 19.6. The Bertz CT molecular complexity index is 200. The first-order valence-electron chi connectivity index (χ1n) is 3.86. The van der Waals surface area contributed by atoms with Gasteiger partial charge < -0.3 is 10.4 Å². The molecular formula is C8H12ClNO3. The summed E-state index contributed by atoms with van der Waals surface area (Å²) in [6.07, 6.45) is 2.83. The van der Waals surface area contributed by atoms with Crippen LogP contribution < -0.4 is 5.32 Å². The summed E-state index contributed by atoms with van der Waals surface area (Å²) >= 11 is 4.71. The molecule has 0 radical (unpaired) electrons. The minimum atomic E-state index is -0.720. The molecule has 1 saturated heterocycles. The van der Waals surface area contributed by atoms with E-state index in [-0.39, 0.29) is 6.04 Å². The second kappa shape index (κ2) is 6.62. The summed E-state index contributed by atoms with van der Waals surface area (Å²) in [5.41, 5.74) is 0. The number of carboxylic acids is 1. The first-order chi connectivity index (χ1) is 6.07. The van der Waals surface area contributed by atoms with E-state index in [2.05, 4.69) is 11.9 Å². The number of carbonyl (C=O) groups excluding carboxylic acids is 1. The number of hydrogen-bond acceptors (Lipinski definition) is 3. The number of carboxylic acid groups (broad SMARTS) is 1. The van der Waals surface area contributed by atoms with Gasteiger partial charge in [0.15, 0.2) is 0 Å². The van der Waals surface area contributed by atoms with Crippen molar-refractivity contribution in [1.82, 2.24) is 5.32 Å². The molecule has 0 aliphatic carbocycles. The van der Waals surface area contributed by atoms with Crippen molar-refractivity contribution in [1.29, 1.82) is 0 Å². The molecule has 1 atom stereocenters. The van der Waals surface area contributed by atoms with E-state index in [0.29, 0.717) is 0 Å². The van der Waals surface area contributed by atoms with Gasteiger partial charge in [-0.3, -0.25) is 9.59 Å². The number of aliphatic carboxylic acids is 1. The van der Waals surface area contributed by atoms with Crippen LogP contribution >= 0.6 is 11.6 Å². The van der Waals surface area contributed by atoms with Crippen LogP contribution in [0.2, 0.25) is 0 Å². The second-order valence-corrected chi connectivity index (χ2v) is 2.87. The molecule has 0 spiro atoms. The molecule has 1 aliphatic heterocycles. The predicted octanol–water partition coefficient (Wildman–Crippen LogP) is 0.761. The number of allylic oxidation sites excluding steroid dienone is 1. The fourth-order valence-corrected chi connectivity index (χ4v) is 0.895. The molecule has 4 nitrogen and oxygen atoms in total. The smallest absolute Gasteiger partial charge is 0.320 e. The first kappa shape index (κ1) is 12.1. The molecule has 1 unspecified atom stereocenters. The third kappa shape index (κ3) is 6.31. The lowest BCUT2D eigenvalue weighted by atomic mass is 10.2. The lowest BCUT2D eigenvalue weighted by molar-refractivity contribution is -0.139. The Kier molecular flexibility index (Phi) is 6.18. The Labute approximate surface area is 81.6 Å². The highest BCUT2D eigenvalue weighted by atomic mass is 35.5. The molecule has 1 rings (SSSR count). The monoisotopic (exact) mass is 205 g/mol. The minimum Gasteiger partial charge on any atom is -0.480 e. The fourth-order valence-electron chi connectivity index (χ4n) is 0.895. The van der Waals surface area contributed by atoms with Crippen LogP contribution in [0.25, 0.3) is 0 Å². The van der Waals surface area contributed by atoms with Crippen LogP contribution in [0.4, 0.5) is 0 Å². The van der Waals surface area contributed by atoms with Gasteiger partial charge in [-0.05, 0) is 37.1 Å². The molecule has 0 aromatic heterocycles. The van der Waals surface area contributed by atoms with Crippen molar-refractivity contribution in [2.75, 3.05) is 6.54 Å². The summed E-state index contributed by atoms with van der Waals surface area (Å²) in [7, 11) is 0. The SMILES string of the molecule is C=CC(=O)Cl.O=C(O)C1CCCN1. The van der Waals surface area contributed by atoms with Gasteiger partial charge in [0.05, 0.1) is 0 Å². The summed E-state index contributed by atoms with van der Waals surface area (Å²) < 4.78 is 0. The average Bonchev–Trinajstić information content (AvgIpc) is 2.57. The quantitative estimate of drug-likeness (QED) is 0.516. The fraction of sp³-hybridized carbons (Fsp3) is 0.500. The summed E-state index contributed by atoms with van der Waals surface area (Å²) in [6, 6.07) is -0.269. The van der Waals surface area contributed by atoms with E-state index in [0.717, 1.165) is 25.5 Å². The summed E-state index contributed by atoms with van der Waals surface area (Å²) in [6.45, 7) is 3.94. The second-order valence-electron chi connectivity index (χ2n) is 2.50. The Morgan fingerprint density at radius 1 is 1.62 bits per heavy atom. The van der Waals surface area contributed by atoms with Crippen molar-refractivity contribution < 1.29 is 14.7 Å². The number of rotatable bonds is 2. The molecule has 1 fully saturated rings. The highest BCUT2D eigenvalue weighted by molar-refractivity contribution is 6.66. The molecule has 13 heavy (non-hydrogen) atoms. The zero-order valence-corrected chi connectivity index (χ0v) is 7.88. The number of hydrogen-bond donors (Lipinski definition) is 2. The van der Waals surface area contributed by atoms with Crippen molar-refractivity contribution in [2.45, 2.75) is 18.9 Å². The van der Waals surface area contributed by atoms with Crippen molar-refractivity contribution in [3.63, 3.8) is 0 Å². The van der Waals surface area contributed by atoms with Gasteiger partial charge in [-0.2, -0.15) is 0 Å². The molecule has 74 valence electrons. The highest BCUT2D eigenvalue weighted by Crippen LogP contribution is 2.03. The van der Waals surface area contributed by atoms with Crippen LogP contribution in [0.5, 0.6) is 0 Å². The van der Waals surface area contributed by atoms with E-state index in [1.807, 2.05) is 0 Å². The molecule has 0 aromatic carbocycles. The van der Waals surface area contributed by atoms with Gasteiger partial charge in [0.25, 0.3) is 0 Å². The van der Waals surface area contributed by atoms with Gasteiger partial charge in [-0.25, -0.2) is 0 Å². The number of nitrogens with one attached hydrogen (secondary N) is 1. The van der Waals surface area contributed by atoms with Crippen LogP contribution in [0.1, 0.15) is 12.8 Å². The third-order valence-corrected chi connectivity index (χ3v) is 1.67. The summed E-state index contributed by atoms with van der Waals surface area (Å²) in [5, 5.41) is 10.7. The molecule has 1 heterocycles. The maximum Gasteiger partial charge on any atom is 0.320 e. The molecule has 2 N–H and O–H groups in total. The van der Waals surface area contributed by atoms with Crippen LogP contribution in [0, 0.1) is 0 Å². The maximum atomic E-state index is 10.1. The largest absolute Gasteiger partial charge is 0.480 e. The lowest BCUT2D eigenvalue weighted by Gasteiger charge is -1.99. The number of halogens is 1. The van der Waals surface area contributed by atoms with Crippen molar-refractivity contribution in [3.8, 4) is 0 Å². The Morgan fingerprint density at radius 3 is 2.31 bits per heavy atom.